The monoisotopic (exact) mass is 295 g/mol. The molecule has 1 amide bonds. The second-order valence-electron chi connectivity index (χ2n) is 4.11. The van der Waals surface area contributed by atoms with Crippen molar-refractivity contribution < 1.29 is 18.0 Å². The Labute approximate surface area is 114 Å². The van der Waals surface area contributed by atoms with Gasteiger partial charge in [0.1, 0.15) is 0 Å². The highest BCUT2D eigenvalue weighted by Gasteiger charge is 2.30. The van der Waals surface area contributed by atoms with Crippen molar-refractivity contribution in [2.45, 2.75) is 12.7 Å². The molecule has 0 unspecified atom stereocenters. The number of alkyl halides is 3. The van der Waals surface area contributed by atoms with E-state index in [4.69, 9.17) is 0 Å². The Morgan fingerprint density at radius 1 is 1.42 bits per heavy atom. The summed E-state index contributed by atoms with van der Waals surface area (Å²) in [5, 5.41) is 5.60. The molecule has 0 saturated carbocycles. The molecule has 19 heavy (non-hydrogen) atoms. The zero-order chi connectivity index (χ0) is 13.2. The highest BCUT2D eigenvalue weighted by Crippen LogP contribution is 2.28. The molecule has 2 heterocycles. The maximum Gasteiger partial charge on any atom is 0.417 e. The van der Waals surface area contributed by atoms with Gasteiger partial charge in [0, 0.05) is 19.3 Å². The van der Waals surface area contributed by atoms with E-state index in [2.05, 4.69) is 15.6 Å². The number of nitrogens with one attached hydrogen (secondary N) is 2. The predicted octanol–water partition coefficient (Wildman–Crippen LogP) is 1.36. The van der Waals surface area contributed by atoms with Crippen molar-refractivity contribution in [2.24, 2.45) is 5.92 Å². The highest BCUT2D eigenvalue weighted by atomic mass is 35.5. The van der Waals surface area contributed by atoms with Crippen molar-refractivity contribution in [3.8, 4) is 0 Å². The molecular weight excluding hydrogens is 283 g/mol. The van der Waals surface area contributed by atoms with Gasteiger partial charge in [-0.3, -0.25) is 9.78 Å². The van der Waals surface area contributed by atoms with E-state index in [0.717, 1.165) is 12.3 Å². The number of carbonyl (C=O) groups is 1. The summed E-state index contributed by atoms with van der Waals surface area (Å²) in [4.78, 5) is 15.1. The van der Waals surface area contributed by atoms with Gasteiger partial charge < -0.3 is 10.6 Å². The van der Waals surface area contributed by atoms with Crippen LogP contribution in [0.4, 0.5) is 13.2 Å². The molecule has 1 fully saturated rings. The molecule has 0 atom stereocenters. The SMILES string of the molecule is Cl.O=C(NCc1ccc(C(F)(F)F)cn1)C1CNC1. The lowest BCUT2D eigenvalue weighted by atomic mass is 10.0. The van der Waals surface area contributed by atoms with E-state index in [1.807, 2.05) is 0 Å². The van der Waals surface area contributed by atoms with Gasteiger partial charge in [0.2, 0.25) is 5.91 Å². The minimum Gasteiger partial charge on any atom is -0.350 e. The van der Waals surface area contributed by atoms with Gasteiger partial charge in [-0.1, -0.05) is 0 Å². The topological polar surface area (TPSA) is 54.0 Å². The Bertz CT molecular complexity index is 432. The molecule has 1 aliphatic heterocycles. The first-order valence-corrected chi connectivity index (χ1v) is 5.47. The Balaban J connectivity index is 0.00000180. The number of aromatic nitrogens is 1. The van der Waals surface area contributed by atoms with Crippen molar-refractivity contribution in [1.82, 2.24) is 15.6 Å². The van der Waals surface area contributed by atoms with E-state index < -0.39 is 11.7 Å². The smallest absolute Gasteiger partial charge is 0.350 e. The molecule has 106 valence electrons. The van der Waals surface area contributed by atoms with Gasteiger partial charge in [-0.25, -0.2) is 0 Å². The van der Waals surface area contributed by atoms with Crippen LogP contribution in [0.5, 0.6) is 0 Å². The molecule has 8 heteroatoms. The number of hydrogen-bond acceptors (Lipinski definition) is 3. The normalized spacial score (nSPS) is 15.3. The largest absolute Gasteiger partial charge is 0.417 e. The average Bonchev–Trinajstić information content (AvgIpc) is 2.23. The van der Waals surface area contributed by atoms with Crippen LogP contribution in [0.2, 0.25) is 0 Å². The summed E-state index contributed by atoms with van der Waals surface area (Å²) in [6.45, 7) is 1.44. The zero-order valence-corrected chi connectivity index (χ0v) is 10.6. The summed E-state index contributed by atoms with van der Waals surface area (Å²) in [7, 11) is 0. The Kier molecular flexibility index (Phi) is 5.13. The van der Waals surface area contributed by atoms with Gasteiger partial charge >= 0.3 is 6.18 Å². The number of amides is 1. The number of carbonyl (C=O) groups excluding carboxylic acids is 1. The Morgan fingerprint density at radius 3 is 2.53 bits per heavy atom. The first kappa shape index (κ1) is 15.7. The molecule has 0 aliphatic carbocycles. The van der Waals surface area contributed by atoms with E-state index in [0.29, 0.717) is 18.8 Å². The first-order valence-electron chi connectivity index (χ1n) is 5.47. The molecular formula is C11H13ClF3N3O. The van der Waals surface area contributed by atoms with Gasteiger partial charge in [-0.2, -0.15) is 13.2 Å². The molecule has 0 aromatic carbocycles. The van der Waals surface area contributed by atoms with Crippen molar-refractivity contribution in [3.05, 3.63) is 29.6 Å². The van der Waals surface area contributed by atoms with Crippen LogP contribution in [0.1, 0.15) is 11.3 Å². The third-order valence-corrected chi connectivity index (χ3v) is 2.75. The summed E-state index contributed by atoms with van der Waals surface area (Å²) < 4.78 is 36.8. The minimum absolute atomic E-state index is 0. The molecule has 2 N–H and O–H groups in total. The van der Waals surface area contributed by atoms with E-state index in [1.165, 1.54) is 6.07 Å². The number of hydrogen-bond donors (Lipinski definition) is 2. The first-order chi connectivity index (χ1) is 8.47. The molecule has 1 aromatic rings. The Hall–Kier alpha value is -1.34. The van der Waals surface area contributed by atoms with Crippen LogP contribution in [-0.4, -0.2) is 24.0 Å². The maximum absolute atomic E-state index is 12.3. The molecule has 1 aromatic heterocycles. The summed E-state index contributed by atoms with van der Waals surface area (Å²) in [5.74, 6) is -0.144. The lowest BCUT2D eigenvalue weighted by Crippen LogP contribution is -2.50. The fourth-order valence-electron chi connectivity index (χ4n) is 1.49. The van der Waals surface area contributed by atoms with Crippen molar-refractivity contribution in [2.75, 3.05) is 13.1 Å². The van der Waals surface area contributed by atoms with E-state index in [9.17, 15) is 18.0 Å². The van der Waals surface area contributed by atoms with E-state index in [1.54, 1.807) is 0 Å². The van der Waals surface area contributed by atoms with Crippen LogP contribution in [0.25, 0.3) is 0 Å². The third-order valence-electron chi connectivity index (χ3n) is 2.75. The molecule has 0 radical (unpaired) electrons. The van der Waals surface area contributed by atoms with Crippen molar-refractivity contribution in [1.29, 1.82) is 0 Å². The molecule has 1 aliphatic rings. The molecule has 2 rings (SSSR count). The van der Waals surface area contributed by atoms with Crippen LogP contribution >= 0.6 is 12.4 Å². The zero-order valence-electron chi connectivity index (χ0n) is 9.83. The number of nitrogens with zero attached hydrogens (tertiary/aromatic N) is 1. The van der Waals surface area contributed by atoms with Crippen LogP contribution < -0.4 is 10.6 Å². The van der Waals surface area contributed by atoms with Gasteiger partial charge in [-0.05, 0) is 12.1 Å². The highest BCUT2D eigenvalue weighted by molar-refractivity contribution is 5.85. The predicted molar refractivity (Wildman–Crippen MR) is 64.7 cm³/mol. The molecule has 0 bridgehead atoms. The van der Waals surface area contributed by atoms with Gasteiger partial charge in [0.25, 0.3) is 0 Å². The van der Waals surface area contributed by atoms with Gasteiger partial charge in [0.15, 0.2) is 0 Å². The third kappa shape index (κ3) is 4.07. The van der Waals surface area contributed by atoms with Gasteiger partial charge in [0.05, 0.1) is 23.7 Å². The molecule has 1 saturated heterocycles. The van der Waals surface area contributed by atoms with E-state index in [-0.39, 0.29) is 30.8 Å². The second-order valence-corrected chi connectivity index (χ2v) is 4.11. The summed E-state index contributed by atoms with van der Waals surface area (Å²) >= 11 is 0. The lowest BCUT2D eigenvalue weighted by Gasteiger charge is -2.25. The maximum atomic E-state index is 12.3. The van der Waals surface area contributed by atoms with Crippen LogP contribution in [-0.2, 0) is 17.5 Å². The summed E-state index contributed by atoms with van der Waals surface area (Å²) in [5.41, 5.74) is -0.385. The fraction of sp³-hybridized carbons (Fsp3) is 0.455. The van der Waals surface area contributed by atoms with E-state index >= 15 is 0 Å². The van der Waals surface area contributed by atoms with Crippen molar-refractivity contribution in [3.63, 3.8) is 0 Å². The average molecular weight is 296 g/mol. The molecule has 4 nitrogen and oxygen atoms in total. The number of rotatable bonds is 3. The van der Waals surface area contributed by atoms with Crippen LogP contribution in [0.15, 0.2) is 18.3 Å². The summed E-state index contributed by atoms with van der Waals surface area (Å²) in [6.07, 6.45) is -3.61. The van der Waals surface area contributed by atoms with Crippen LogP contribution in [0, 0.1) is 5.92 Å². The van der Waals surface area contributed by atoms with Crippen LogP contribution in [0.3, 0.4) is 0 Å². The van der Waals surface area contributed by atoms with Crippen molar-refractivity contribution >= 4 is 18.3 Å². The number of halogens is 4. The minimum atomic E-state index is -4.38. The standard InChI is InChI=1S/C11H12F3N3O.ClH/c12-11(13,14)8-1-2-9(16-5-8)6-17-10(18)7-3-15-4-7;/h1-2,5,7,15H,3-4,6H2,(H,17,18);1H. The number of pyridine rings is 1. The lowest BCUT2D eigenvalue weighted by molar-refractivity contribution is -0.137. The second kappa shape index (κ2) is 6.21. The fourth-order valence-corrected chi connectivity index (χ4v) is 1.49. The summed E-state index contributed by atoms with van der Waals surface area (Å²) in [6, 6.07) is 2.22. The van der Waals surface area contributed by atoms with Gasteiger partial charge in [-0.15, -0.1) is 12.4 Å². The molecule has 0 spiro atoms. The Morgan fingerprint density at radius 2 is 2.11 bits per heavy atom. The quantitative estimate of drug-likeness (QED) is 0.885.